The molecule has 0 N–H and O–H groups in total. The van der Waals surface area contributed by atoms with Crippen LogP contribution in [-0.2, 0) is 4.79 Å². The number of Topliss-reactive ketones (excluding diaryl/α,β-unsaturated/α-hetero) is 1. The molecule has 0 aromatic rings. The summed E-state index contributed by atoms with van der Waals surface area (Å²) in [6.07, 6.45) is 11.9. The first-order valence-electron chi connectivity index (χ1n) is 7.53. The highest BCUT2D eigenvalue weighted by molar-refractivity contribution is 5.99. The fraction of sp³-hybridized carbons (Fsp3) is 0.812. The van der Waals surface area contributed by atoms with Crippen LogP contribution >= 0.6 is 0 Å². The summed E-state index contributed by atoms with van der Waals surface area (Å²) in [6, 6.07) is 0. The van der Waals surface area contributed by atoms with Crippen LogP contribution in [0, 0.1) is 5.92 Å². The molecule has 0 spiro atoms. The molecule has 1 fully saturated rings. The van der Waals surface area contributed by atoms with E-state index >= 15 is 0 Å². The van der Waals surface area contributed by atoms with Crippen molar-refractivity contribution in [3.05, 3.63) is 11.6 Å². The van der Waals surface area contributed by atoms with Crippen molar-refractivity contribution in [1.29, 1.82) is 0 Å². The number of carbonyl (C=O) groups excluding carboxylic acids is 1. The molecular weight excluding hydrogens is 222 g/mol. The van der Waals surface area contributed by atoms with Gasteiger partial charge in [-0.15, -0.1) is 0 Å². The van der Waals surface area contributed by atoms with Gasteiger partial charge in [0.05, 0.1) is 0 Å². The Hall–Kier alpha value is -0.630. The molecular formula is C16H29NO. The fourth-order valence-corrected chi connectivity index (χ4v) is 2.69. The smallest absolute Gasteiger partial charge is 0.162 e. The van der Waals surface area contributed by atoms with Crippen LogP contribution in [-0.4, -0.2) is 31.3 Å². The Morgan fingerprint density at radius 2 is 1.94 bits per heavy atom. The molecule has 18 heavy (non-hydrogen) atoms. The lowest BCUT2D eigenvalue weighted by molar-refractivity contribution is -0.118. The van der Waals surface area contributed by atoms with E-state index in [2.05, 4.69) is 17.9 Å². The normalized spacial score (nSPS) is 22.3. The minimum atomic E-state index is 0.256. The Bertz CT molecular complexity index is 281. The van der Waals surface area contributed by atoms with Crippen molar-refractivity contribution in [2.24, 2.45) is 5.92 Å². The second-order valence-corrected chi connectivity index (χ2v) is 5.79. The van der Waals surface area contributed by atoms with Gasteiger partial charge >= 0.3 is 0 Å². The number of nitrogens with zero attached hydrogens (tertiary/aromatic N) is 1. The Balaban J connectivity index is 2.24. The number of rotatable bonds is 8. The van der Waals surface area contributed by atoms with Crippen LogP contribution in [0.1, 0.15) is 58.3 Å². The van der Waals surface area contributed by atoms with Gasteiger partial charge in [-0.05, 0) is 45.4 Å². The summed E-state index contributed by atoms with van der Waals surface area (Å²) in [5.41, 5.74) is 1.11. The van der Waals surface area contributed by atoms with E-state index in [1.807, 2.05) is 14.1 Å². The van der Waals surface area contributed by atoms with E-state index in [4.69, 9.17) is 0 Å². The van der Waals surface area contributed by atoms with Crippen molar-refractivity contribution < 1.29 is 4.79 Å². The molecule has 1 saturated carbocycles. The summed E-state index contributed by atoms with van der Waals surface area (Å²) in [5, 5.41) is 0. The van der Waals surface area contributed by atoms with Gasteiger partial charge in [0.2, 0.25) is 0 Å². The molecule has 0 bridgehead atoms. The van der Waals surface area contributed by atoms with Gasteiger partial charge in [0, 0.05) is 12.5 Å². The second kappa shape index (κ2) is 8.47. The van der Waals surface area contributed by atoms with E-state index in [1.54, 1.807) is 0 Å². The zero-order valence-electron chi connectivity index (χ0n) is 12.4. The molecule has 0 radical (unpaired) electrons. The predicted molar refractivity (Wildman–Crippen MR) is 77.7 cm³/mol. The summed E-state index contributed by atoms with van der Waals surface area (Å²) in [7, 11) is 4.09. The first kappa shape index (κ1) is 15.4. The molecule has 1 atom stereocenters. The van der Waals surface area contributed by atoms with Gasteiger partial charge < -0.3 is 4.90 Å². The Kier molecular flexibility index (Phi) is 7.26. The van der Waals surface area contributed by atoms with E-state index < -0.39 is 0 Å². The van der Waals surface area contributed by atoms with E-state index in [1.165, 1.54) is 32.1 Å². The lowest BCUT2D eigenvalue weighted by Crippen LogP contribution is -2.24. The molecule has 104 valence electrons. The van der Waals surface area contributed by atoms with Crippen LogP contribution < -0.4 is 0 Å². The average molecular weight is 251 g/mol. The Morgan fingerprint density at radius 1 is 1.22 bits per heavy atom. The molecule has 1 rings (SSSR count). The molecule has 0 heterocycles. The zero-order valence-corrected chi connectivity index (χ0v) is 12.4. The molecule has 0 aromatic heterocycles. The third-order valence-corrected chi connectivity index (χ3v) is 3.73. The van der Waals surface area contributed by atoms with Gasteiger partial charge in [-0.1, -0.05) is 38.7 Å². The third kappa shape index (κ3) is 5.34. The Morgan fingerprint density at radius 3 is 2.61 bits per heavy atom. The van der Waals surface area contributed by atoms with Crippen molar-refractivity contribution in [1.82, 2.24) is 4.90 Å². The topological polar surface area (TPSA) is 20.3 Å². The highest BCUT2D eigenvalue weighted by Gasteiger charge is 2.28. The van der Waals surface area contributed by atoms with E-state index in [0.29, 0.717) is 5.78 Å². The standard InChI is InChI=1S/C16H29NO/c1-4-5-6-7-8-9-10-14-11-12-15(16(14)18)13-17(2)3/h10,15H,4-9,11-13H2,1-3H3. The lowest BCUT2D eigenvalue weighted by Gasteiger charge is -2.13. The number of allylic oxidation sites excluding steroid dienone is 2. The number of unbranched alkanes of at least 4 members (excludes halogenated alkanes) is 5. The van der Waals surface area contributed by atoms with Crippen LogP contribution in [0.5, 0.6) is 0 Å². The van der Waals surface area contributed by atoms with Gasteiger partial charge in [0.1, 0.15) is 0 Å². The largest absolute Gasteiger partial charge is 0.309 e. The van der Waals surface area contributed by atoms with Crippen molar-refractivity contribution in [3.8, 4) is 0 Å². The number of hydrogen-bond donors (Lipinski definition) is 0. The molecule has 1 aliphatic rings. The molecule has 0 saturated heterocycles. The quantitative estimate of drug-likeness (QED) is 0.483. The highest BCUT2D eigenvalue weighted by Crippen LogP contribution is 2.27. The fourth-order valence-electron chi connectivity index (χ4n) is 2.69. The zero-order chi connectivity index (χ0) is 13.4. The number of ketones is 1. The van der Waals surface area contributed by atoms with Gasteiger partial charge in [-0.25, -0.2) is 0 Å². The molecule has 0 aliphatic heterocycles. The summed E-state index contributed by atoms with van der Waals surface area (Å²) in [6.45, 7) is 3.15. The average Bonchev–Trinajstić information content (AvgIpc) is 2.65. The second-order valence-electron chi connectivity index (χ2n) is 5.79. The molecule has 2 heteroatoms. The van der Waals surface area contributed by atoms with Crippen LogP contribution in [0.25, 0.3) is 0 Å². The van der Waals surface area contributed by atoms with Gasteiger partial charge in [-0.3, -0.25) is 4.79 Å². The van der Waals surface area contributed by atoms with Gasteiger partial charge in [0.15, 0.2) is 5.78 Å². The van der Waals surface area contributed by atoms with Crippen molar-refractivity contribution >= 4 is 5.78 Å². The van der Waals surface area contributed by atoms with Crippen LogP contribution in [0.2, 0.25) is 0 Å². The molecule has 2 nitrogen and oxygen atoms in total. The van der Waals surface area contributed by atoms with Crippen LogP contribution in [0.15, 0.2) is 11.6 Å². The maximum atomic E-state index is 12.1. The first-order valence-corrected chi connectivity index (χ1v) is 7.53. The van der Waals surface area contributed by atoms with E-state index in [-0.39, 0.29) is 5.92 Å². The van der Waals surface area contributed by atoms with Crippen molar-refractivity contribution in [2.75, 3.05) is 20.6 Å². The van der Waals surface area contributed by atoms with E-state index in [9.17, 15) is 4.79 Å². The highest BCUT2D eigenvalue weighted by atomic mass is 16.1. The molecule has 0 amide bonds. The minimum Gasteiger partial charge on any atom is -0.309 e. The minimum absolute atomic E-state index is 0.256. The molecule has 1 unspecified atom stereocenters. The predicted octanol–water partition coefficient (Wildman–Crippen LogP) is 3.81. The summed E-state index contributed by atoms with van der Waals surface area (Å²) in [5.74, 6) is 0.670. The maximum absolute atomic E-state index is 12.1. The van der Waals surface area contributed by atoms with Crippen LogP contribution in [0.4, 0.5) is 0 Å². The summed E-state index contributed by atoms with van der Waals surface area (Å²) < 4.78 is 0. The van der Waals surface area contributed by atoms with Crippen LogP contribution in [0.3, 0.4) is 0 Å². The first-order chi connectivity index (χ1) is 8.65. The van der Waals surface area contributed by atoms with Gasteiger partial charge in [0.25, 0.3) is 0 Å². The summed E-state index contributed by atoms with van der Waals surface area (Å²) >= 11 is 0. The Labute approximate surface area is 112 Å². The van der Waals surface area contributed by atoms with Crippen molar-refractivity contribution in [2.45, 2.75) is 58.3 Å². The molecule has 0 aromatic carbocycles. The van der Waals surface area contributed by atoms with Crippen molar-refractivity contribution in [3.63, 3.8) is 0 Å². The van der Waals surface area contributed by atoms with Gasteiger partial charge in [-0.2, -0.15) is 0 Å². The van der Waals surface area contributed by atoms with E-state index in [0.717, 1.165) is 31.4 Å². The SMILES string of the molecule is CCCCCCCC=C1CCC(CN(C)C)C1=O. The molecule has 1 aliphatic carbocycles. The maximum Gasteiger partial charge on any atom is 0.162 e. The monoisotopic (exact) mass is 251 g/mol. The number of carbonyl (C=O) groups is 1. The summed E-state index contributed by atoms with van der Waals surface area (Å²) in [4.78, 5) is 14.2. The third-order valence-electron chi connectivity index (χ3n) is 3.73. The lowest BCUT2D eigenvalue weighted by atomic mass is 10.0. The number of hydrogen-bond acceptors (Lipinski definition) is 2.